The highest BCUT2D eigenvalue weighted by Crippen LogP contribution is 2.22. The van der Waals surface area contributed by atoms with Gasteiger partial charge in [-0.1, -0.05) is 22.0 Å². The molecule has 0 bridgehead atoms. The van der Waals surface area contributed by atoms with Crippen LogP contribution in [0.3, 0.4) is 0 Å². The second kappa shape index (κ2) is 2.84. The zero-order chi connectivity index (χ0) is 6.69. The molecule has 1 aliphatic rings. The van der Waals surface area contributed by atoms with Crippen LogP contribution in [-0.2, 0) is 0 Å². The minimum Gasteiger partial charge on any atom is -0.192 e. The molecule has 0 aliphatic heterocycles. The maximum absolute atomic E-state index is 8.47. The summed E-state index contributed by atoms with van der Waals surface area (Å²) in [4.78, 5) is 0. The van der Waals surface area contributed by atoms with E-state index < -0.39 is 0 Å². The minimum absolute atomic E-state index is 0.765. The van der Waals surface area contributed by atoms with E-state index in [1.807, 2.05) is 12.2 Å². The van der Waals surface area contributed by atoms with Gasteiger partial charge >= 0.3 is 0 Å². The minimum atomic E-state index is 0.765. The molecule has 0 fully saturated rings. The van der Waals surface area contributed by atoms with Gasteiger partial charge in [0.25, 0.3) is 0 Å². The van der Waals surface area contributed by atoms with E-state index in [9.17, 15) is 0 Å². The maximum atomic E-state index is 8.47. The highest BCUT2D eigenvalue weighted by Gasteiger charge is 2.02. The number of hydrogen-bond acceptors (Lipinski definition) is 1. The van der Waals surface area contributed by atoms with Crippen LogP contribution in [0.1, 0.15) is 12.8 Å². The summed E-state index contributed by atoms with van der Waals surface area (Å²) >= 11 is 3.32. The van der Waals surface area contributed by atoms with Crippen molar-refractivity contribution in [1.82, 2.24) is 0 Å². The maximum Gasteiger partial charge on any atom is 0.0999 e. The standard InChI is InChI=1S/C7H6BrN/c8-7-4-2-1-3-6(7)5-9/h1,3H,2,4H2. The van der Waals surface area contributed by atoms with Gasteiger partial charge in [0.15, 0.2) is 0 Å². The Kier molecular flexibility index (Phi) is 2.07. The van der Waals surface area contributed by atoms with Crippen LogP contribution in [0.4, 0.5) is 0 Å². The summed E-state index contributed by atoms with van der Waals surface area (Å²) in [6.07, 6.45) is 5.89. The third kappa shape index (κ3) is 1.43. The zero-order valence-electron chi connectivity index (χ0n) is 4.89. The molecule has 46 valence electrons. The number of rotatable bonds is 0. The summed E-state index contributed by atoms with van der Waals surface area (Å²) in [6.45, 7) is 0. The Balaban J connectivity index is 2.88. The van der Waals surface area contributed by atoms with E-state index in [1.54, 1.807) is 0 Å². The van der Waals surface area contributed by atoms with E-state index in [2.05, 4.69) is 22.0 Å². The van der Waals surface area contributed by atoms with Crippen molar-refractivity contribution in [3.8, 4) is 6.07 Å². The Morgan fingerprint density at radius 2 is 2.44 bits per heavy atom. The van der Waals surface area contributed by atoms with Crippen LogP contribution < -0.4 is 0 Å². The van der Waals surface area contributed by atoms with Gasteiger partial charge in [-0.25, -0.2) is 0 Å². The summed E-state index contributed by atoms with van der Waals surface area (Å²) in [7, 11) is 0. The van der Waals surface area contributed by atoms with Crippen molar-refractivity contribution < 1.29 is 0 Å². The predicted molar refractivity (Wildman–Crippen MR) is 39.9 cm³/mol. The molecule has 1 aliphatic carbocycles. The molecule has 0 amide bonds. The van der Waals surface area contributed by atoms with E-state index in [0.29, 0.717) is 0 Å². The smallest absolute Gasteiger partial charge is 0.0999 e. The number of nitrogens with zero attached hydrogens (tertiary/aromatic N) is 1. The molecule has 0 aromatic carbocycles. The second-order valence-electron chi connectivity index (χ2n) is 1.87. The summed E-state index contributed by atoms with van der Waals surface area (Å²) in [5.41, 5.74) is 0.765. The lowest BCUT2D eigenvalue weighted by Crippen LogP contribution is -1.84. The van der Waals surface area contributed by atoms with Crippen LogP contribution in [0, 0.1) is 11.3 Å². The van der Waals surface area contributed by atoms with Crippen molar-refractivity contribution in [3.05, 3.63) is 22.2 Å². The molecule has 0 heterocycles. The fraction of sp³-hybridized carbons (Fsp3) is 0.286. The van der Waals surface area contributed by atoms with Crippen molar-refractivity contribution in [2.24, 2.45) is 0 Å². The van der Waals surface area contributed by atoms with Crippen molar-refractivity contribution >= 4 is 15.9 Å². The topological polar surface area (TPSA) is 23.8 Å². The monoisotopic (exact) mass is 183 g/mol. The van der Waals surface area contributed by atoms with E-state index in [-0.39, 0.29) is 0 Å². The van der Waals surface area contributed by atoms with Crippen LogP contribution >= 0.6 is 15.9 Å². The van der Waals surface area contributed by atoms with E-state index in [4.69, 9.17) is 5.26 Å². The second-order valence-corrected chi connectivity index (χ2v) is 2.83. The first-order valence-electron chi connectivity index (χ1n) is 2.80. The molecule has 0 aromatic heterocycles. The van der Waals surface area contributed by atoms with Crippen LogP contribution in [0.5, 0.6) is 0 Å². The first-order valence-corrected chi connectivity index (χ1v) is 3.59. The SMILES string of the molecule is N#CC1=C(Br)CCC=C1. The molecule has 1 rings (SSSR count). The Hall–Kier alpha value is -0.550. The van der Waals surface area contributed by atoms with Gasteiger partial charge in [0.2, 0.25) is 0 Å². The normalized spacial score (nSPS) is 17.8. The number of nitriles is 1. The summed E-state index contributed by atoms with van der Waals surface area (Å²) in [5.74, 6) is 0. The van der Waals surface area contributed by atoms with E-state index in [1.165, 1.54) is 0 Å². The fourth-order valence-electron chi connectivity index (χ4n) is 0.734. The molecule has 1 nitrogen and oxygen atoms in total. The first kappa shape index (κ1) is 6.57. The third-order valence-electron chi connectivity index (χ3n) is 1.23. The van der Waals surface area contributed by atoms with E-state index >= 15 is 0 Å². The lowest BCUT2D eigenvalue weighted by Gasteiger charge is -2.02. The zero-order valence-corrected chi connectivity index (χ0v) is 6.48. The highest BCUT2D eigenvalue weighted by atomic mass is 79.9. The fourth-order valence-corrected chi connectivity index (χ4v) is 1.18. The number of hydrogen-bond donors (Lipinski definition) is 0. The molecule has 0 saturated carbocycles. The Labute approximate surface area is 62.8 Å². The average Bonchev–Trinajstić information content (AvgIpc) is 1.89. The van der Waals surface area contributed by atoms with Crippen molar-refractivity contribution in [2.45, 2.75) is 12.8 Å². The third-order valence-corrected chi connectivity index (χ3v) is 2.05. The van der Waals surface area contributed by atoms with Crippen LogP contribution in [-0.4, -0.2) is 0 Å². The van der Waals surface area contributed by atoms with Gasteiger partial charge in [0.1, 0.15) is 0 Å². The molecule has 0 spiro atoms. The molecular formula is C7H6BrN. The molecule has 0 aromatic rings. The van der Waals surface area contributed by atoms with Gasteiger partial charge < -0.3 is 0 Å². The van der Waals surface area contributed by atoms with Crippen molar-refractivity contribution in [1.29, 1.82) is 5.26 Å². The molecular weight excluding hydrogens is 178 g/mol. The molecule has 0 radical (unpaired) electrons. The molecule has 0 saturated heterocycles. The lowest BCUT2D eigenvalue weighted by molar-refractivity contribution is 1.01. The summed E-state index contributed by atoms with van der Waals surface area (Å²) in [5, 5.41) is 8.47. The van der Waals surface area contributed by atoms with Gasteiger partial charge in [-0.3, -0.25) is 0 Å². The Bertz CT molecular complexity index is 207. The lowest BCUT2D eigenvalue weighted by atomic mass is 10.1. The van der Waals surface area contributed by atoms with Gasteiger partial charge in [0.05, 0.1) is 11.6 Å². The van der Waals surface area contributed by atoms with E-state index in [0.717, 1.165) is 22.9 Å². The molecule has 2 heteroatoms. The number of allylic oxidation sites excluding steroid dienone is 4. The van der Waals surface area contributed by atoms with Gasteiger partial charge in [-0.15, -0.1) is 0 Å². The van der Waals surface area contributed by atoms with Crippen LogP contribution in [0.25, 0.3) is 0 Å². The largest absolute Gasteiger partial charge is 0.192 e. The van der Waals surface area contributed by atoms with Crippen molar-refractivity contribution in [3.63, 3.8) is 0 Å². The number of halogens is 1. The highest BCUT2D eigenvalue weighted by molar-refractivity contribution is 9.11. The predicted octanol–water partition coefficient (Wildman–Crippen LogP) is 2.51. The Morgan fingerprint density at radius 3 is 2.89 bits per heavy atom. The van der Waals surface area contributed by atoms with Gasteiger partial charge in [-0.05, 0) is 18.9 Å². The molecule has 0 atom stereocenters. The summed E-state index contributed by atoms with van der Waals surface area (Å²) in [6, 6.07) is 2.10. The quantitative estimate of drug-likeness (QED) is 0.567. The summed E-state index contributed by atoms with van der Waals surface area (Å²) < 4.78 is 1.03. The van der Waals surface area contributed by atoms with Crippen LogP contribution in [0.15, 0.2) is 22.2 Å². The molecule has 9 heavy (non-hydrogen) atoms. The van der Waals surface area contributed by atoms with Gasteiger partial charge in [-0.2, -0.15) is 5.26 Å². The van der Waals surface area contributed by atoms with Gasteiger partial charge in [0, 0.05) is 4.48 Å². The average molecular weight is 184 g/mol. The molecule has 0 unspecified atom stereocenters. The first-order chi connectivity index (χ1) is 4.34. The van der Waals surface area contributed by atoms with Crippen molar-refractivity contribution in [2.75, 3.05) is 0 Å². The Morgan fingerprint density at radius 1 is 1.67 bits per heavy atom. The molecule has 0 N–H and O–H groups in total. The van der Waals surface area contributed by atoms with Crippen LogP contribution in [0.2, 0.25) is 0 Å².